The van der Waals surface area contributed by atoms with Crippen LogP contribution in [0.3, 0.4) is 0 Å². The first-order valence-corrected chi connectivity index (χ1v) is 3.08. The monoisotopic (exact) mass is 198 g/mol. The number of rotatable bonds is 2. The Bertz CT molecular complexity index is 179. The highest BCUT2D eigenvalue weighted by Gasteiger charge is 1.82. The van der Waals surface area contributed by atoms with Crippen LogP contribution < -0.4 is 0 Å². The number of halogens is 1. The summed E-state index contributed by atoms with van der Waals surface area (Å²) in [6.45, 7) is 3.66. The molecule has 0 atom stereocenters. The lowest BCUT2D eigenvalue weighted by atomic mass is 10.2. The molecule has 1 aromatic rings. The predicted molar refractivity (Wildman–Crippen MR) is 50.7 cm³/mol. The lowest BCUT2D eigenvalue weighted by Gasteiger charge is -1.91. The smallest absolute Gasteiger partial charge is 0.0100 e. The summed E-state index contributed by atoms with van der Waals surface area (Å²) in [6, 6.07) is 10.3. The average molecular weight is 199 g/mol. The second-order valence-corrected chi connectivity index (χ2v) is 1.98. The number of hydrogen-bond acceptors (Lipinski definition) is 0. The maximum Gasteiger partial charge on any atom is -0.0100 e. The van der Waals surface area contributed by atoms with Gasteiger partial charge in [0.15, 0.2) is 0 Å². The van der Waals surface area contributed by atoms with Gasteiger partial charge in [0.05, 0.1) is 0 Å². The minimum Gasteiger partial charge on any atom is -0.114 e. The molecular weight excluding hydrogens is 188 g/mol. The van der Waals surface area contributed by atoms with Crippen molar-refractivity contribution in [3.05, 3.63) is 48.6 Å². The van der Waals surface area contributed by atoms with E-state index in [4.69, 9.17) is 0 Å². The molecule has 0 N–H and O–H groups in total. The normalized spacial score (nSPS) is 8.00. The Kier molecular flexibility index (Phi) is 4.95. The zero-order valence-electron chi connectivity index (χ0n) is 5.79. The molecule has 0 aliphatic rings. The van der Waals surface area contributed by atoms with E-state index in [1.54, 1.807) is 0 Å². The highest BCUT2D eigenvalue weighted by molar-refractivity contribution is 8.93. The van der Waals surface area contributed by atoms with Gasteiger partial charge in [-0.1, -0.05) is 36.4 Å². The Morgan fingerprint density at radius 2 is 1.80 bits per heavy atom. The van der Waals surface area contributed by atoms with Gasteiger partial charge in [0.1, 0.15) is 0 Å². The van der Waals surface area contributed by atoms with Gasteiger partial charge in [-0.25, -0.2) is 0 Å². The Morgan fingerprint density at radius 1 is 1.20 bits per heavy atom. The lowest BCUT2D eigenvalue weighted by molar-refractivity contribution is 1.28. The second-order valence-electron chi connectivity index (χ2n) is 1.98. The Morgan fingerprint density at radius 3 is 2.30 bits per heavy atom. The van der Waals surface area contributed by atoms with E-state index in [1.165, 1.54) is 5.56 Å². The van der Waals surface area contributed by atoms with Gasteiger partial charge < -0.3 is 0 Å². The summed E-state index contributed by atoms with van der Waals surface area (Å²) >= 11 is 0. The second kappa shape index (κ2) is 5.24. The van der Waals surface area contributed by atoms with E-state index >= 15 is 0 Å². The van der Waals surface area contributed by atoms with Gasteiger partial charge in [-0.3, -0.25) is 0 Å². The molecule has 0 amide bonds. The first kappa shape index (κ1) is 9.44. The summed E-state index contributed by atoms with van der Waals surface area (Å²) < 4.78 is 0. The van der Waals surface area contributed by atoms with E-state index in [9.17, 15) is 0 Å². The summed E-state index contributed by atoms with van der Waals surface area (Å²) in [4.78, 5) is 0. The molecule has 0 aromatic heterocycles. The fraction of sp³-hybridized carbons (Fsp3) is 0.111. The first-order valence-electron chi connectivity index (χ1n) is 3.08. The summed E-state index contributed by atoms with van der Waals surface area (Å²) in [5.74, 6) is 0. The summed E-state index contributed by atoms with van der Waals surface area (Å²) in [5, 5.41) is 0. The fourth-order valence-corrected chi connectivity index (χ4v) is 0.781. The van der Waals surface area contributed by atoms with E-state index < -0.39 is 0 Å². The van der Waals surface area contributed by atoms with Gasteiger partial charge in [0.25, 0.3) is 0 Å². The summed E-state index contributed by atoms with van der Waals surface area (Å²) in [7, 11) is 0. The van der Waals surface area contributed by atoms with Gasteiger partial charge in [-0.05, 0) is 12.0 Å². The van der Waals surface area contributed by atoms with Crippen molar-refractivity contribution in [3.8, 4) is 0 Å². The predicted octanol–water partition coefficient (Wildman–Crippen LogP) is 2.99. The van der Waals surface area contributed by atoms with Crippen molar-refractivity contribution < 1.29 is 0 Å². The minimum atomic E-state index is 0. The van der Waals surface area contributed by atoms with Gasteiger partial charge in [-0.15, -0.1) is 23.6 Å². The highest BCUT2D eigenvalue weighted by Crippen LogP contribution is 1.98. The average Bonchev–Trinajstić information content (AvgIpc) is 1.91. The molecule has 0 aliphatic heterocycles. The van der Waals surface area contributed by atoms with Crippen molar-refractivity contribution in [2.45, 2.75) is 6.42 Å². The quantitative estimate of drug-likeness (QED) is 0.642. The summed E-state index contributed by atoms with van der Waals surface area (Å²) in [5.41, 5.74) is 1.33. The molecule has 0 nitrogen and oxygen atoms in total. The van der Waals surface area contributed by atoms with Crippen LogP contribution in [0.15, 0.2) is 43.0 Å². The topological polar surface area (TPSA) is 0 Å². The van der Waals surface area contributed by atoms with Crippen molar-refractivity contribution in [2.24, 2.45) is 0 Å². The van der Waals surface area contributed by atoms with Crippen LogP contribution in [0.5, 0.6) is 0 Å². The highest BCUT2D eigenvalue weighted by atomic mass is 79.9. The van der Waals surface area contributed by atoms with E-state index in [0.29, 0.717) is 0 Å². The molecule has 10 heavy (non-hydrogen) atoms. The lowest BCUT2D eigenvalue weighted by Crippen LogP contribution is -1.75. The summed E-state index contributed by atoms with van der Waals surface area (Å²) in [6.07, 6.45) is 2.89. The molecule has 0 fully saturated rings. The molecular formula is C9H11Br. The molecule has 0 saturated carbocycles. The molecule has 0 spiro atoms. The number of allylic oxidation sites excluding steroid dienone is 1. The van der Waals surface area contributed by atoms with Crippen molar-refractivity contribution in [1.29, 1.82) is 0 Å². The van der Waals surface area contributed by atoms with E-state index in [0.717, 1.165) is 6.42 Å². The molecule has 1 rings (SSSR count). The molecule has 0 bridgehead atoms. The van der Waals surface area contributed by atoms with Crippen LogP contribution in [0, 0.1) is 0 Å². The molecule has 1 aromatic carbocycles. The van der Waals surface area contributed by atoms with Gasteiger partial charge in [-0.2, -0.15) is 0 Å². The van der Waals surface area contributed by atoms with Gasteiger partial charge in [0.2, 0.25) is 0 Å². The molecule has 1 heteroatoms. The zero-order chi connectivity index (χ0) is 6.53. The Hall–Kier alpha value is -0.560. The third kappa shape index (κ3) is 2.83. The van der Waals surface area contributed by atoms with Crippen LogP contribution in [0.4, 0.5) is 0 Å². The third-order valence-corrected chi connectivity index (χ3v) is 1.22. The standard InChI is InChI=1S/C9H10.BrH/c1-2-6-9-7-4-3-5-8-9;/h2-5,7-8H,1,6H2;1H. The Labute approximate surface area is 72.3 Å². The number of hydrogen-bond donors (Lipinski definition) is 0. The van der Waals surface area contributed by atoms with Crippen LogP contribution in [0.25, 0.3) is 0 Å². The van der Waals surface area contributed by atoms with Crippen LogP contribution in [0.2, 0.25) is 0 Å². The fourth-order valence-electron chi connectivity index (χ4n) is 0.781. The van der Waals surface area contributed by atoms with Crippen molar-refractivity contribution >= 4 is 17.0 Å². The largest absolute Gasteiger partial charge is 0.114 e. The maximum absolute atomic E-state index is 3.66. The van der Waals surface area contributed by atoms with Crippen molar-refractivity contribution in [1.82, 2.24) is 0 Å². The molecule has 0 heterocycles. The van der Waals surface area contributed by atoms with Crippen molar-refractivity contribution in [2.75, 3.05) is 0 Å². The van der Waals surface area contributed by atoms with Crippen LogP contribution in [0.1, 0.15) is 5.56 Å². The maximum atomic E-state index is 3.66. The SMILES string of the molecule is Br.C=CCc1ccccc1. The van der Waals surface area contributed by atoms with Crippen LogP contribution in [-0.2, 0) is 6.42 Å². The van der Waals surface area contributed by atoms with Crippen LogP contribution >= 0.6 is 17.0 Å². The van der Waals surface area contributed by atoms with Gasteiger partial charge in [0, 0.05) is 0 Å². The molecule has 0 radical (unpaired) electrons. The van der Waals surface area contributed by atoms with E-state index in [-0.39, 0.29) is 17.0 Å². The van der Waals surface area contributed by atoms with Gasteiger partial charge >= 0.3 is 0 Å². The van der Waals surface area contributed by atoms with E-state index in [2.05, 4.69) is 18.7 Å². The van der Waals surface area contributed by atoms with E-state index in [1.807, 2.05) is 24.3 Å². The van der Waals surface area contributed by atoms with Crippen LogP contribution in [-0.4, -0.2) is 0 Å². The van der Waals surface area contributed by atoms with Crippen molar-refractivity contribution in [3.63, 3.8) is 0 Å². The third-order valence-electron chi connectivity index (χ3n) is 1.22. The molecule has 0 saturated heterocycles. The zero-order valence-corrected chi connectivity index (χ0v) is 7.50. The minimum absolute atomic E-state index is 0. The molecule has 0 aliphatic carbocycles. The molecule has 0 unspecified atom stereocenters. The molecule has 54 valence electrons. The number of benzene rings is 1. The first-order chi connectivity index (χ1) is 4.43. The Balaban J connectivity index is 0.000000810.